The largest absolute Gasteiger partial charge is 0.471 e. The van der Waals surface area contributed by atoms with E-state index in [4.69, 9.17) is 9.47 Å². The fourth-order valence-electron chi connectivity index (χ4n) is 2.89. The lowest BCUT2D eigenvalue weighted by molar-refractivity contribution is -0.173. The van der Waals surface area contributed by atoms with Crippen molar-refractivity contribution < 1.29 is 32.2 Å². The van der Waals surface area contributed by atoms with E-state index in [9.17, 15) is 22.8 Å². The molecular formula is C16H17F3N2O4. The number of amides is 2. The molecule has 25 heavy (non-hydrogen) atoms. The Kier molecular flexibility index (Phi) is 4.73. The minimum Gasteiger partial charge on any atom is -0.454 e. The lowest BCUT2D eigenvalue weighted by Gasteiger charge is -2.32. The quantitative estimate of drug-likeness (QED) is 0.897. The van der Waals surface area contributed by atoms with Crippen molar-refractivity contribution in [1.82, 2.24) is 10.2 Å². The predicted octanol–water partition coefficient (Wildman–Crippen LogP) is 1.95. The van der Waals surface area contributed by atoms with E-state index in [1.54, 1.807) is 23.1 Å². The third-order valence-electron chi connectivity index (χ3n) is 4.33. The molecule has 2 heterocycles. The molecule has 0 saturated carbocycles. The van der Waals surface area contributed by atoms with Gasteiger partial charge in [0.2, 0.25) is 6.79 Å². The van der Waals surface area contributed by atoms with Gasteiger partial charge in [0, 0.05) is 25.2 Å². The number of piperidine rings is 1. The lowest BCUT2D eigenvalue weighted by atomic mass is 9.96. The normalized spacial score (nSPS) is 17.5. The molecule has 1 aromatic carbocycles. The first kappa shape index (κ1) is 17.4. The second-order valence-electron chi connectivity index (χ2n) is 6.01. The molecule has 0 aromatic heterocycles. The maximum absolute atomic E-state index is 12.5. The van der Waals surface area contributed by atoms with Gasteiger partial charge in [0.1, 0.15) is 0 Å². The Morgan fingerprint density at radius 3 is 2.52 bits per heavy atom. The molecule has 0 atom stereocenters. The number of carbonyl (C=O) groups is 2. The van der Waals surface area contributed by atoms with Crippen molar-refractivity contribution in [3.05, 3.63) is 23.8 Å². The maximum atomic E-state index is 12.5. The average Bonchev–Trinajstić information content (AvgIpc) is 3.06. The number of rotatable bonds is 3. The minimum atomic E-state index is -4.87. The van der Waals surface area contributed by atoms with Gasteiger partial charge >= 0.3 is 12.1 Å². The predicted molar refractivity (Wildman–Crippen MR) is 80.3 cm³/mol. The second kappa shape index (κ2) is 6.81. The van der Waals surface area contributed by atoms with Crippen molar-refractivity contribution in [3.63, 3.8) is 0 Å². The van der Waals surface area contributed by atoms with Crippen LogP contribution in [-0.2, 0) is 4.79 Å². The highest BCUT2D eigenvalue weighted by molar-refractivity contribution is 5.95. The van der Waals surface area contributed by atoms with Gasteiger partial charge < -0.3 is 19.7 Å². The van der Waals surface area contributed by atoms with Crippen molar-refractivity contribution in [2.24, 2.45) is 5.92 Å². The number of hydrogen-bond donors (Lipinski definition) is 1. The number of nitrogens with one attached hydrogen (secondary N) is 1. The molecule has 0 unspecified atom stereocenters. The molecule has 2 aliphatic rings. The van der Waals surface area contributed by atoms with Crippen molar-refractivity contribution in [3.8, 4) is 11.5 Å². The van der Waals surface area contributed by atoms with E-state index in [0.717, 1.165) is 0 Å². The van der Waals surface area contributed by atoms with Gasteiger partial charge in [-0.1, -0.05) is 0 Å². The topological polar surface area (TPSA) is 67.9 Å². The molecule has 0 bridgehead atoms. The molecule has 1 N–H and O–H groups in total. The average molecular weight is 358 g/mol. The van der Waals surface area contributed by atoms with Crippen LogP contribution in [0.2, 0.25) is 0 Å². The Labute approximate surface area is 141 Å². The van der Waals surface area contributed by atoms with Gasteiger partial charge in [0.15, 0.2) is 11.5 Å². The number of ether oxygens (including phenoxy) is 2. The fourth-order valence-corrected chi connectivity index (χ4v) is 2.89. The number of nitrogens with zero attached hydrogens (tertiary/aromatic N) is 1. The van der Waals surface area contributed by atoms with Crippen LogP contribution >= 0.6 is 0 Å². The van der Waals surface area contributed by atoms with E-state index in [-0.39, 0.29) is 25.2 Å². The van der Waals surface area contributed by atoms with Crippen molar-refractivity contribution in [2.45, 2.75) is 19.0 Å². The van der Waals surface area contributed by atoms with Gasteiger partial charge in [-0.25, -0.2) is 0 Å². The first-order valence-corrected chi connectivity index (χ1v) is 7.88. The highest BCUT2D eigenvalue weighted by Gasteiger charge is 2.38. The molecule has 1 saturated heterocycles. The summed E-state index contributed by atoms with van der Waals surface area (Å²) < 4.78 is 47.0. The van der Waals surface area contributed by atoms with Crippen molar-refractivity contribution in [2.75, 3.05) is 26.4 Å². The molecule has 9 heteroatoms. The fraction of sp³-hybridized carbons (Fsp3) is 0.500. The summed E-state index contributed by atoms with van der Waals surface area (Å²) in [6, 6.07) is 4.96. The molecule has 1 fully saturated rings. The third-order valence-corrected chi connectivity index (χ3v) is 4.33. The number of halogens is 3. The molecular weight excluding hydrogens is 341 g/mol. The van der Waals surface area contributed by atoms with Crippen LogP contribution in [0.4, 0.5) is 13.2 Å². The number of likely N-dealkylation sites (tertiary alicyclic amines) is 1. The van der Waals surface area contributed by atoms with E-state index in [1.165, 1.54) is 0 Å². The summed E-state index contributed by atoms with van der Waals surface area (Å²) in [6.45, 7) is 0.950. The number of alkyl halides is 3. The SMILES string of the molecule is O=C(c1ccc2c(c1)OCO2)N1CCC(CNC(=O)C(F)(F)F)CC1. The number of fused-ring (bicyclic) bond motifs is 1. The van der Waals surface area contributed by atoms with Gasteiger partial charge in [-0.15, -0.1) is 0 Å². The summed E-state index contributed by atoms with van der Waals surface area (Å²) in [4.78, 5) is 25.0. The van der Waals surface area contributed by atoms with Crippen molar-refractivity contribution in [1.29, 1.82) is 0 Å². The van der Waals surface area contributed by atoms with Crippen LogP contribution in [0.1, 0.15) is 23.2 Å². The number of carbonyl (C=O) groups excluding carboxylic acids is 2. The summed E-state index contributed by atoms with van der Waals surface area (Å²) in [5.41, 5.74) is 0.480. The second-order valence-corrected chi connectivity index (χ2v) is 6.01. The Morgan fingerprint density at radius 2 is 1.84 bits per heavy atom. The first-order valence-electron chi connectivity index (χ1n) is 7.88. The summed E-state index contributed by atoms with van der Waals surface area (Å²) in [5.74, 6) is -1.04. The zero-order chi connectivity index (χ0) is 18.0. The molecule has 2 aliphatic heterocycles. The summed E-state index contributed by atoms with van der Waals surface area (Å²) >= 11 is 0. The monoisotopic (exact) mass is 358 g/mol. The lowest BCUT2D eigenvalue weighted by Crippen LogP contribution is -2.44. The van der Waals surface area contributed by atoms with E-state index < -0.39 is 12.1 Å². The third kappa shape index (κ3) is 3.97. The van der Waals surface area contributed by atoms with Gasteiger partial charge in [0.25, 0.3) is 5.91 Å². The van der Waals surface area contributed by atoms with Crippen LogP contribution < -0.4 is 14.8 Å². The van der Waals surface area contributed by atoms with Crippen LogP contribution in [0.5, 0.6) is 11.5 Å². The smallest absolute Gasteiger partial charge is 0.454 e. The molecule has 6 nitrogen and oxygen atoms in total. The summed E-state index contributed by atoms with van der Waals surface area (Å²) in [7, 11) is 0. The van der Waals surface area contributed by atoms with E-state index in [0.29, 0.717) is 43.0 Å². The van der Waals surface area contributed by atoms with Gasteiger partial charge in [0.05, 0.1) is 0 Å². The van der Waals surface area contributed by atoms with Crippen LogP contribution in [0.25, 0.3) is 0 Å². The van der Waals surface area contributed by atoms with Crippen LogP contribution in [0, 0.1) is 5.92 Å². The molecule has 3 rings (SSSR count). The van der Waals surface area contributed by atoms with Crippen LogP contribution in [0.3, 0.4) is 0 Å². The van der Waals surface area contributed by atoms with Crippen molar-refractivity contribution >= 4 is 11.8 Å². The molecule has 136 valence electrons. The highest BCUT2D eigenvalue weighted by Crippen LogP contribution is 2.33. The molecule has 0 radical (unpaired) electrons. The van der Waals surface area contributed by atoms with E-state index in [2.05, 4.69) is 0 Å². The minimum absolute atomic E-state index is 0.0373. The molecule has 0 spiro atoms. The number of benzene rings is 1. The molecule has 2 amide bonds. The zero-order valence-electron chi connectivity index (χ0n) is 13.3. The Bertz CT molecular complexity index is 670. The van der Waals surface area contributed by atoms with Crippen LogP contribution in [-0.4, -0.2) is 49.3 Å². The Balaban J connectivity index is 1.50. The summed E-state index contributed by atoms with van der Waals surface area (Å²) in [5, 5.41) is 1.90. The van der Waals surface area contributed by atoms with Gasteiger partial charge in [-0.05, 0) is 37.0 Å². The Morgan fingerprint density at radius 1 is 1.16 bits per heavy atom. The van der Waals surface area contributed by atoms with Crippen LogP contribution in [0.15, 0.2) is 18.2 Å². The number of hydrogen-bond acceptors (Lipinski definition) is 4. The molecule has 0 aliphatic carbocycles. The van der Waals surface area contributed by atoms with E-state index >= 15 is 0 Å². The standard InChI is InChI=1S/C16H17F3N2O4/c17-16(18,19)15(23)20-8-10-3-5-21(6-4-10)14(22)11-1-2-12-13(7-11)25-9-24-12/h1-2,7,10H,3-6,8-9H2,(H,20,23). The first-order chi connectivity index (χ1) is 11.8. The van der Waals surface area contributed by atoms with Gasteiger partial charge in [-0.3, -0.25) is 9.59 Å². The van der Waals surface area contributed by atoms with Gasteiger partial charge in [-0.2, -0.15) is 13.2 Å². The molecule has 1 aromatic rings. The highest BCUT2D eigenvalue weighted by atomic mass is 19.4. The Hall–Kier alpha value is -2.45. The maximum Gasteiger partial charge on any atom is 0.471 e. The zero-order valence-corrected chi connectivity index (χ0v) is 13.3. The summed E-state index contributed by atoms with van der Waals surface area (Å²) in [6.07, 6.45) is -3.79. The van der Waals surface area contributed by atoms with E-state index in [1.807, 2.05) is 5.32 Å².